The van der Waals surface area contributed by atoms with E-state index in [1.165, 1.54) is 31.0 Å². The molecular weight excluding hydrogens is 283 g/mol. The van der Waals surface area contributed by atoms with Crippen molar-refractivity contribution < 1.29 is 4.39 Å². The van der Waals surface area contributed by atoms with Crippen molar-refractivity contribution >= 4 is 28.1 Å². The van der Waals surface area contributed by atoms with Gasteiger partial charge in [0.05, 0.1) is 10.7 Å². The topological polar surface area (TPSA) is 24.9 Å². The van der Waals surface area contributed by atoms with Gasteiger partial charge in [-0.3, -0.25) is 0 Å². The van der Waals surface area contributed by atoms with Crippen LogP contribution in [-0.2, 0) is 6.54 Å². The van der Waals surface area contributed by atoms with Gasteiger partial charge < -0.3 is 5.32 Å². The van der Waals surface area contributed by atoms with Crippen LogP contribution in [0.2, 0.25) is 5.02 Å². The number of nitrogens with one attached hydrogen (secondary N) is 1. The lowest BCUT2D eigenvalue weighted by Crippen LogP contribution is -2.09. The van der Waals surface area contributed by atoms with Gasteiger partial charge in [0.15, 0.2) is 5.13 Å². The minimum Gasteiger partial charge on any atom is -0.357 e. The summed E-state index contributed by atoms with van der Waals surface area (Å²) in [4.78, 5) is 4.59. The van der Waals surface area contributed by atoms with E-state index in [0.29, 0.717) is 12.5 Å². The first-order valence-corrected chi connectivity index (χ1v) is 7.61. The number of thiazole rings is 1. The third-order valence-electron chi connectivity index (χ3n) is 3.47. The van der Waals surface area contributed by atoms with Crippen LogP contribution in [0.1, 0.15) is 36.4 Å². The summed E-state index contributed by atoms with van der Waals surface area (Å²) in [5.74, 6) is 0.277. The number of nitrogens with zero attached hydrogens (tertiary/aromatic N) is 1. The summed E-state index contributed by atoms with van der Waals surface area (Å²) >= 11 is 7.38. The van der Waals surface area contributed by atoms with E-state index in [0.717, 1.165) is 10.7 Å². The third-order valence-corrected chi connectivity index (χ3v) is 4.58. The molecule has 1 fully saturated rings. The molecule has 0 spiro atoms. The molecule has 0 aliphatic heterocycles. The van der Waals surface area contributed by atoms with E-state index < -0.39 is 0 Å². The average molecular weight is 297 g/mol. The second-order valence-corrected chi connectivity index (χ2v) is 6.07. The first-order valence-electron chi connectivity index (χ1n) is 6.35. The van der Waals surface area contributed by atoms with Gasteiger partial charge in [-0.2, -0.15) is 0 Å². The standard InChI is InChI=1S/C14H14ClFN2S/c15-11-6-9(4-5-12(11)16)7-17-14-18-13(8-19-14)10-2-1-3-10/h4-6,8,10H,1-3,7H2,(H,17,18). The van der Waals surface area contributed by atoms with E-state index in [-0.39, 0.29) is 10.8 Å². The van der Waals surface area contributed by atoms with Gasteiger partial charge in [0, 0.05) is 17.8 Å². The van der Waals surface area contributed by atoms with Crippen LogP contribution in [0.4, 0.5) is 9.52 Å². The Hall–Kier alpha value is -1.13. The van der Waals surface area contributed by atoms with Crippen LogP contribution < -0.4 is 5.32 Å². The van der Waals surface area contributed by atoms with Gasteiger partial charge in [0.25, 0.3) is 0 Å². The highest BCUT2D eigenvalue weighted by Gasteiger charge is 2.21. The Labute approximate surface area is 120 Å². The van der Waals surface area contributed by atoms with Crippen LogP contribution in [0.3, 0.4) is 0 Å². The summed E-state index contributed by atoms with van der Waals surface area (Å²) in [5, 5.41) is 6.47. The second-order valence-electron chi connectivity index (χ2n) is 4.81. The van der Waals surface area contributed by atoms with E-state index in [4.69, 9.17) is 11.6 Å². The highest BCUT2D eigenvalue weighted by Crippen LogP contribution is 2.37. The molecule has 0 unspecified atom stereocenters. The molecule has 100 valence electrons. The molecule has 1 aliphatic rings. The molecule has 0 atom stereocenters. The van der Waals surface area contributed by atoms with E-state index in [9.17, 15) is 4.39 Å². The molecule has 0 radical (unpaired) electrons. The summed E-state index contributed by atoms with van der Waals surface area (Å²) in [5.41, 5.74) is 2.16. The molecule has 1 saturated carbocycles. The average Bonchev–Trinajstić information content (AvgIpc) is 2.77. The molecule has 0 bridgehead atoms. The molecule has 2 nitrogen and oxygen atoms in total. The van der Waals surface area contributed by atoms with Gasteiger partial charge >= 0.3 is 0 Å². The number of hydrogen-bond donors (Lipinski definition) is 1. The highest BCUT2D eigenvalue weighted by atomic mass is 35.5. The lowest BCUT2D eigenvalue weighted by molar-refractivity contribution is 0.413. The first-order chi connectivity index (χ1) is 9.22. The predicted octanol–water partition coefficient (Wildman–Crippen LogP) is 4.82. The van der Waals surface area contributed by atoms with Gasteiger partial charge in [0.2, 0.25) is 0 Å². The van der Waals surface area contributed by atoms with Crippen molar-refractivity contribution in [2.24, 2.45) is 0 Å². The van der Waals surface area contributed by atoms with Crippen molar-refractivity contribution in [3.05, 3.63) is 45.7 Å². The van der Waals surface area contributed by atoms with E-state index in [2.05, 4.69) is 15.7 Å². The SMILES string of the molecule is Fc1ccc(CNc2nc(C3CCC3)cs2)cc1Cl. The molecule has 3 rings (SSSR count). The maximum absolute atomic E-state index is 13.0. The molecule has 5 heteroatoms. The maximum atomic E-state index is 13.0. The lowest BCUT2D eigenvalue weighted by atomic mass is 9.83. The normalized spacial score (nSPS) is 15.3. The Balaban J connectivity index is 1.61. The Morgan fingerprint density at radius 1 is 1.42 bits per heavy atom. The predicted molar refractivity (Wildman–Crippen MR) is 77.4 cm³/mol. The van der Waals surface area contributed by atoms with Crippen LogP contribution in [0.5, 0.6) is 0 Å². The van der Waals surface area contributed by atoms with Crippen LogP contribution in [0.15, 0.2) is 23.6 Å². The van der Waals surface area contributed by atoms with Crippen molar-refractivity contribution in [2.75, 3.05) is 5.32 Å². The monoisotopic (exact) mass is 296 g/mol. The minimum absolute atomic E-state index is 0.161. The molecule has 1 heterocycles. The van der Waals surface area contributed by atoms with Crippen LogP contribution >= 0.6 is 22.9 Å². The van der Waals surface area contributed by atoms with Gasteiger partial charge in [0.1, 0.15) is 5.82 Å². The Morgan fingerprint density at radius 3 is 2.95 bits per heavy atom. The smallest absolute Gasteiger partial charge is 0.183 e. The van der Waals surface area contributed by atoms with Crippen LogP contribution in [0, 0.1) is 5.82 Å². The van der Waals surface area contributed by atoms with Crippen molar-refractivity contribution in [1.82, 2.24) is 4.98 Å². The number of rotatable bonds is 4. The molecule has 1 aliphatic carbocycles. The second kappa shape index (κ2) is 5.47. The molecule has 2 aromatic rings. The molecular formula is C14H14ClFN2S. The maximum Gasteiger partial charge on any atom is 0.183 e. The van der Waals surface area contributed by atoms with Crippen molar-refractivity contribution in [3.8, 4) is 0 Å². The van der Waals surface area contributed by atoms with Crippen molar-refractivity contribution in [2.45, 2.75) is 31.7 Å². The van der Waals surface area contributed by atoms with Gasteiger partial charge in [-0.15, -0.1) is 11.3 Å². The Kier molecular flexibility index (Phi) is 3.71. The summed E-state index contributed by atoms with van der Waals surface area (Å²) in [6.45, 7) is 0.609. The highest BCUT2D eigenvalue weighted by molar-refractivity contribution is 7.13. The zero-order chi connectivity index (χ0) is 13.2. The van der Waals surface area contributed by atoms with Crippen LogP contribution in [0.25, 0.3) is 0 Å². The fraction of sp³-hybridized carbons (Fsp3) is 0.357. The number of anilines is 1. The van der Waals surface area contributed by atoms with Crippen molar-refractivity contribution in [1.29, 1.82) is 0 Å². The number of benzene rings is 1. The van der Waals surface area contributed by atoms with Gasteiger partial charge in [-0.05, 0) is 30.5 Å². The molecule has 0 saturated heterocycles. The molecule has 19 heavy (non-hydrogen) atoms. The van der Waals surface area contributed by atoms with Crippen molar-refractivity contribution in [3.63, 3.8) is 0 Å². The Bertz CT molecular complexity index is 581. The summed E-state index contributed by atoms with van der Waals surface area (Å²) in [6.07, 6.45) is 3.84. The number of hydrogen-bond acceptors (Lipinski definition) is 3. The largest absolute Gasteiger partial charge is 0.357 e. The third kappa shape index (κ3) is 2.90. The zero-order valence-corrected chi connectivity index (χ0v) is 11.9. The van der Waals surface area contributed by atoms with Gasteiger partial charge in [-0.25, -0.2) is 9.37 Å². The van der Waals surface area contributed by atoms with Gasteiger partial charge in [-0.1, -0.05) is 24.1 Å². The number of aromatic nitrogens is 1. The molecule has 1 N–H and O–H groups in total. The molecule has 1 aromatic heterocycles. The quantitative estimate of drug-likeness (QED) is 0.875. The first kappa shape index (κ1) is 12.9. The Morgan fingerprint density at radius 2 is 2.26 bits per heavy atom. The zero-order valence-electron chi connectivity index (χ0n) is 10.3. The van der Waals surface area contributed by atoms with E-state index in [1.807, 2.05) is 0 Å². The van der Waals surface area contributed by atoms with E-state index >= 15 is 0 Å². The lowest BCUT2D eigenvalue weighted by Gasteiger charge is -2.22. The molecule has 0 amide bonds. The number of halogens is 2. The summed E-state index contributed by atoms with van der Waals surface area (Å²) < 4.78 is 13.0. The fourth-order valence-electron chi connectivity index (χ4n) is 2.09. The fourth-order valence-corrected chi connectivity index (χ4v) is 3.08. The molecule has 1 aromatic carbocycles. The summed E-state index contributed by atoms with van der Waals surface area (Å²) in [7, 11) is 0. The van der Waals surface area contributed by atoms with Crippen LogP contribution in [-0.4, -0.2) is 4.98 Å². The summed E-state index contributed by atoms with van der Waals surface area (Å²) in [6, 6.07) is 4.76. The van der Waals surface area contributed by atoms with E-state index in [1.54, 1.807) is 23.5 Å². The minimum atomic E-state index is -0.382.